The molecule has 1 aliphatic carbocycles. The van der Waals surface area contributed by atoms with Crippen LogP contribution in [0.5, 0.6) is 0 Å². The van der Waals surface area contributed by atoms with Gasteiger partial charge in [-0.05, 0) is 57.8 Å². The summed E-state index contributed by atoms with van der Waals surface area (Å²) in [6, 6.07) is 0. The molecule has 0 spiro atoms. The zero-order chi connectivity index (χ0) is 45.5. The second-order valence-electron chi connectivity index (χ2n) is 16.6. The van der Waals surface area contributed by atoms with Gasteiger partial charge in [0.2, 0.25) is 0 Å². The number of allylic oxidation sites excluding steroid dienone is 10. The molecule has 0 aromatic carbocycles. The first-order valence-corrected chi connectivity index (χ1v) is 25.6. The predicted octanol–water partition coefficient (Wildman–Crippen LogP) is 10.2. The van der Waals surface area contributed by atoms with Crippen LogP contribution < -0.4 is 0 Å². The van der Waals surface area contributed by atoms with Crippen LogP contribution in [0.2, 0.25) is 0 Å². The fraction of sp³-hybridized carbons (Fsp3) is 0.776. The monoisotopic (exact) mass is 899 g/mol. The van der Waals surface area contributed by atoms with Gasteiger partial charge in [0.15, 0.2) is 0 Å². The number of rotatable bonds is 40. The van der Waals surface area contributed by atoms with Crippen LogP contribution in [-0.4, -0.2) is 98.9 Å². The largest absolute Gasteiger partial charge is 0.472 e. The second kappa shape index (κ2) is 39.4. The molecule has 1 fully saturated rings. The molecule has 0 saturated heterocycles. The molecule has 1 rings (SSSR count). The van der Waals surface area contributed by atoms with Crippen molar-refractivity contribution in [1.29, 1.82) is 0 Å². The van der Waals surface area contributed by atoms with Gasteiger partial charge < -0.3 is 39.9 Å². The second-order valence-corrected chi connectivity index (χ2v) is 18.0. The van der Waals surface area contributed by atoms with Crippen molar-refractivity contribution in [2.24, 2.45) is 0 Å². The van der Waals surface area contributed by atoms with E-state index in [2.05, 4.69) is 74.6 Å². The minimum Gasteiger partial charge on any atom is -0.457 e. The number of aliphatic hydroxyl groups is 5. The molecule has 1 aliphatic rings. The smallest absolute Gasteiger partial charge is 0.457 e. The van der Waals surface area contributed by atoms with Gasteiger partial charge in [-0.25, -0.2) is 4.57 Å². The summed E-state index contributed by atoms with van der Waals surface area (Å²) in [4.78, 5) is 23.1. The summed E-state index contributed by atoms with van der Waals surface area (Å²) in [6.45, 7) is 4.11. The van der Waals surface area contributed by atoms with E-state index in [0.717, 1.165) is 83.5 Å². The van der Waals surface area contributed by atoms with Gasteiger partial charge in [0, 0.05) is 13.0 Å². The highest BCUT2D eigenvalue weighted by Crippen LogP contribution is 2.47. The van der Waals surface area contributed by atoms with Gasteiger partial charge in [-0.15, -0.1) is 0 Å². The number of aliphatic hydroxyl groups excluding tert-OH is 5. The Bertz CT molecular complexity index is 1250. The lowest BCUT2D eigenvalue weighted by Gasteiger charge is -2.41. The summed E-state index contributed by atoms with van der Waals surface area (Å²) in [5.41, 5.74) is 0. The number of esters is 1. The minimum absolute atomic E-state index is 0.0832. The van der Waals surface area contributed by atoms with Crippen LogP contribution in [0.25, 0.3) is 0 Å². The number of carbonyl (C=O) groups is 1. The summed E-state index contributed by atoms with van der Waals surface area (Å²) < 4.78 is 34.2. The molecular formula is C49H87O12P. The van der Waals surface area contributed by atoms with Crippen LogP contribution in [0.4, 0.5) is 0 Å². The van der Waals surface area contributed by atoms with E-state index in [1.54, 1.807) is 0 Å². The number of ether oxygens (including phenoxy) is 2. The van der Waals surface area contributed by atoms with E-state index in [1.807, 2.05) is 0 Å². The molecule has 0 aromatic rings. The van der Waals surface area contributed by atoms with Gasteiger partial charge in [-0.2, -0.15) is 0 Å². The third-order valence-corrected chi connectivity index (χ3v) is 11.9. The highest BCUT2D eigenvalue weighted by Gasteiger charge is 2.51. The summed E-state index contributed by atoms with van der Waals surface area (Å²) >= 11 is 0. The maximum atomic E-state index is 12.8. The molecule has 6 N–H and O–H groups in total. The maximum Gasteiger partial charge on any atom is 0.472 e. The molecule has 13 heteroatoms. The Kier molecular flexibility index (Phi) is 36.9. The Morgan fingerprint density at radius 1 is 0.532 bits per heavy atom. The molecule has 0 aromatic heterocycles. The lowest BCUT2D eigenvalue weighted by atomic mass is 9.85. The molecule has 12 nitrogen and oxygen atoms in total. The summed E-state index contributed by atoms with van der Waals surface area (Å²) in [5, 5.41) is 50.2. The van der Waals surface area contributed by atoms with Gasteiger partial charge in [-0.3, -0.25) is 13.8 Å². The lowest BCUT2D eigenvalue weighted by molar-refractivity contribution is -0.220. The average molecular weight is 899 g/mol. The Balaban J connectivity index is 2.32. The first-order valence-electron chi connectivity index (χ1n) is 24.1. The Morgan fingerprint density at radius 2 is 0.952 bits per heavy atom. The van der Waals surface area contributed by atoms with Crippen LogP contribution in [0.15, 0.2) is 60.8 Å². The van der Waals surface area contributed by atoms with Crippen molar-refractivity contribution >= 4 is 13.8 Å². The van der Waals surface area contributed by atoms with Gasteiger partial charge in [-0.1, -0.05) is 177 Å². The zero-order valence-electron chi connectivity index (χ0n) is 38.4. The van der Waals surface area contributed by atoms with Crippen LogP contribution in [0.3, 0.4) is 0 Å². The summed E-state index contributed by atoms with van der Waals surface area (Å²) in [6.07, 6.45) is 37.2. The van der Waals surface area contributed by atoms with Crippen molar-refractivity contribution in [3.8, 4) is 0 Å². The fourth-order valence-electron chi connectivity index (χ4n) is 7.09. The molecule has 0 amide bonds. The van der Waals surface area contributed by atoms with Crippen molar-refractivity contribution in [3.05, 3.63) is 60.8 Å². The SMILES string of the molecule is CC/C=C\C/C=C\C/C=C\C/C=C\C/C=C\CCCCCCCCCCOCC(COP(=O)(O)OC1C(O)C(O)C(O)C(O)C1O)OC(=O)CCCCCCCCCCCCC. The van der Waals surface area contributed by atoms with Crippen molar-refractivity contribution in [3.63, 3.8) is 0 Å². The molecule has 0 heterocycles. The molecule has 1 saturated carbocycles. The van der Waals surface area contributed by atoms with Gasteiger partial charge in [0.1, 0.15) is 42.7 Å². The molecule has 62 heavy (non-hydrogen) atoms. The summed E-state index contributed by atoms with van der Waals surface area (Å²) in [5.74, 6) is -0.483. The standard InChI is InChI=1S/C49H87O12P/c1-3-5-7-9-11-13-15-16-17-18-19-20-21-22-23-24-25-26-27-29-31-33-35-37-39-58-40-42(60-43(50)38-36-34-32-30-28-14-12-10-8-6-4-2)41-59-62(56,57)61-49-47(54)45(52)44(51)46(53)48(49)55/h5,7,11,13,16-17,19-20,22-23,42,44-49,51-55H,3-4,6,8-10,12,14-15,18,21,24-41H2,1-2H3,(H,56,57)/b7-5-,13-11-,17-16-,20-19-,23-22-. The number of carbonyl (C=O) groups excluding carboxylic acids is 1. The van der Waals surface area contributed by atoms with E-state index in [0.29, 0.717) is 13.0 Å². The number of unbranched alkanes of at least 4 members (excludes halogenated alkanes) is 18. The normalized spacial score (nSPS) is 22.5. The molecule has 0 radical (unpaired) electrons. The molecule has 6 atom stereocenters. The number of hydrogen-bond donors (Lipinski definition) is 6. The van der Waals surface area contributed by atoms with E-state index in [1.165, 1.54) is 70.6 Å². The number of hydrogen-bond acceptors (Lipinski definition) is 11. The maximum absolute atomic E-state index is 12.8. The summed E-state index contributed by atoms with van der Waals surface area (Å²) in [7, 11) is -5.02. The Hall–Kier alpha value is -1.96. The number of phosphoric acid groups is 1. The van der Waals surface area contributed by atoms with Crippen LogP contribution >= 0.6 is 7.82 Å². The van der Waals surface area contributed by atoms with Crippen molar-refractivity contribution < 1.29 is 58.3 Å². The fourth-order valence-corrected chi connectivity index (χ4v) is 8.06. The predicted molar refractivity (Wildman–Crippen MR) is 248 cm³/mol. The number of phosphoric ester groups is 1. The highest BCUT2D eigenvalue weighted by atomic mass is 31.2. The van der Waals surface area contributed by atoms with Crippen LogP contribution in [0.1, 0.15) is 181 Å². The van der Waals surface area contributed by atoms with Crippen molar-refractivity contribution in [1.82, 2.24) is 0 Å². The van der Waals surface area contributed by atoms with Crippen molar-refractivity contribution in [2.75, 3.05) is 19.8 Å². The minimum atomic E-state index is -5.02. The first kappa shape index (κ1) is 58.1. The van der Waals surface area contributed by atoms with Gasteiger partial charge in [0.25, 0.3) is 0 Å². The Labute approximate surface area is 375 Å². The van der Waals surface area contributed by atoms with E-state index in [4.69, 9.17) is 18.5 Å². The van der Waals surface area contributed by atoms with Gasteiger partial charge in [0.05, 0.1) is 13.2 Å². The van der Waals surface area contributed by atoms with E-state index in [9.17, 15) is 39.8 Å². The lowest BCUT2D eigenvalue weighted by Crippen LogP contribution is -2.64. The Morgan fingerprint density at radius 3 is 1.45 bits per heavy atom. The molecule has 360 valence electrons. The first-order chi connectivity index (χ1) is 30.0. The molecule has 0 aliphatic heterocycles. The van der Waals surface area contributed by atoms with Gasteiger partial charge >= 0.3 is 13.8 Å². The third kappa shape index (κ3) is 31.0. The van der Waals surface area contributed by atoms with Crippen LogP contribution in [0, 0.1) is 0 Å². The van der Waals surface area contributed by atoms with Crippen LogP contribution in [-0.2, 0) is 27.9 Å². The average Bonchev–Trinajstić information content (AvgIpc) is 3.26. The topological polar surface area (TPSA) is 192 Å². The zero-order valence-corrected chi connectivity index (χ0v) is 39.3. The molecule has 0 bridgehead atoms. The van der Waals surface area contributed by atoms with E-state index in [-0.39, 0.29) is 13.0 Å². The highest BCUT2D eigenvalue weighted by molar-refractivity contribution is 7.47. The molecular weight excluding hydrogens is 812 g/mol. The van der Waals surface area contributed by atoms with Crippen molar-refractivity contribution in [2.45, 2.75) is 224 Å². The third-order valence-electron chi connectivity index (χ3n) is 10.9. The quantitative estimate of drug-likeness (QED) is 0.0148. The molecule has 6 unspecified atom stereocenters. The van der Waals surface area contributed by atoms with E-state index < -0.39 is 63.1 Å². The van der Waals surface area contributed by atoms with E-state index >= 15 is 0 Å².